The first kappa shape index (κ1) is 18.3. The van der Waals surface area contributed by atoms with Crippen LogP contribution in [0.2, 0.25) is 5.02 Å². The zero-order chi connectivity index (χ0) is 19.7. The molecule has 1 heterocycles. The summed E-state index contributed by atoms with van der Waals surface area (Å²) in [6.07, 6.45) is 0. The second-order valence-electron chi connectivity index (χ2n) is 5.85. The number of aromatic nitrogens is 2. The monoisotopic (exact) mass is 455 g/mol. The van der Waals surface area contributed by atoms with Gasteiger partial charge in [0.05, 0.1) is 16.1 Å². The summed E-state index contributed by atoms with van der Waals surface area (Å²) in [5.74, 6) is 0.396. The minimum Gasteiger partial charge on any atom is -0.424 e. The molecule has 1 aromatic heterocycles. The lowest BCUT2D eigenvalue weighted by molar-refractivity contribution is -0.384. The highest BCUT2D eigenvalue weighted by molar-refractivity contribution is 9.10. The second kappa shape index (κ2) is 7.53. The van der Waals surface area contributed by atoms with Crippen molar-refractivity contribution in [1.29, 1.82) is 0 Å². The highest BCUT2D eigenvalue weighted by Crippen LogP contribution is 2.34. The van der Waals surface area contributed by atoms with Crippen LogP contribution < -0.4 is 4.74 Å². The van der Waals surface area contributed by atoms with E-state index in [2.05, 4.69) is 25.9 Å². The van der Waals surface area contributed by atoms with Crippen molar-refractivity contribution in [2.75, 3.05) is 0 Å². The summed E-state index contributed by atoms with van der Waals surface area (Å²) in [5.41, 5.74) is 2.05. The van der Waals surface area contributed by atoms with Crippen LogP contribution in [0.4, 0.5) is 5.69 Å². The van der Waals surface area contributed by atoms with Gasteiger partial charge in [0.1, 0.15) is 5.75 Å². The molecule has 28 heavy (non-hydrogen) atoms. The van der Waals surface area contributed by atoms with Gasteiger partial charge in [-0.3, -0.25) is 10.1 Å². The van der Waals surface area contributed by atoms with Crippen LogP contribution in [0.25, 0.3) is 22.2 Å². The Balaban J connectivity index is 1.83. The highest BCUT2D eigenvalue weighted by Gasteiger charge is 2.14. The van der Waals surface area contributed by atoms with E-state index in [4.69, 9.17) is 16.3 Å². The highest BCUT2D eigenvalue weighted by atomic mass is 79.9. The SMILES string of the molecule is O=[N+]([O-])c1ccc(Oc2nc(-c3ccccc3Cl)c3cc(Br)ccc3n2)cc1. The predicted octanol–water partition coefficient (Wildman–Crippen LogP) is 6.41. The third-order valence-corrected chi connectivity index (χ3v) is 4.85. The minimum absolute atomic E-state index is 0.0200. The normalized spacial score (nSPS) is 10.8. The maximum Gasteiger partial charge on any atom is 0.323 e. The van der Waals surface area contributed by atoms with Gasteiger partial charge in [-0.15, -0.1) is 0 Å². The van der Waals surface area contributed by atoms with E-state index in [9.17, 15) is 10.1 Å². The summed E-state index contributed by atoms with van der Waals surface area (Å²) in [7, 11) is 0. The fourth-order valence-corrected chi connectivity index (χ4v) is 3.31. The van der Waals surface area contributed by atoms with Crippen LogP contribution in [-0.2, 0) is 0 Å². The van der Waals surface area contributed by atoms with E-state index in [1.807, 2.05) is 36.4 Å². The smallest absolute Gasteiger partial charge is 0.323 e. The molecule has 8 heteroatoms. The van der Waals surface area contributed by atoms with Crippen LogP contribution in [0.3, 0.4) is 0 Å². The molecule has 0 fully saturated rings. The third-order valence-electron chi connectivity index (χ3n) is 4.02. The van der Waals surface area contributed by atoms with Crippen molar-refractivity contribution in [1.82, 2.24) is 9.97 Å². The molecule has 0 spiro atoms. The van der Waals surface area contributed by atoms with Crippen molar-refractivity contribution < 1.29 is 9.66 Å². The topological polar surface area (TPSA) is 78.2 Å². The summed E-state index contributed by atoms with van der Waals surface area (Å²) in [6, 6.07) is 18.9. The first-order valence-corrected chi connectivity index (χ1v) is 9.33. The lowest BCUT2D eigenvalue weighted by Gasteiger charge is -2.11. The van der Waals surface area contributed by atoms with Gasteiger partial charge in [0.2, 0.25) is 0 Å². The molecule has 0 atom stereocenters. The first-order chi connectivity index (χ1) is 13.5. The molecule has 0 unspecified atom stereocenters. The molecule has 0 aliphatic carbocycles. The standard InChI is InChI=1S/C20H11BrClN3O3/c21-12-5-10-18-16(11-12)19(15-3-1-2-4-17(15)22)24-20(23-18)28-14-8-6-13(7-9-14)25(26)27/h1-11H. The fraction of sp³-hybridized carbons (Fsp3) is 0. The number of ether oxygens (including phenoxy) is 1. The largest absolute Gasteiger partial charge is 0.424 e. The molecule has 0 bridgehead atoms. The molecule has 0 saturated carbocycles. The molecule has 0 N–H and O–H groups in total. The average Bonchev–Trinajstić information content (AvgIpc) is 2.68. The van der Waals surface area contributed by atoms with E-state index in [1.54, 1.807) is 6.07 Å². The Morgan fingerprint density at radius 1 is 1.00 bits per heavy atom. The Bertz CT molecular complexity index is 1200. The molecule has 0 saturated heterocycles. The van der Waals surface area contributed by atoms with Crippen LogP contribution in [0.5, 0.6) is 11.8 Å². The maximum atomic E-state index is 10.8. The number of nitro benzene ring substituents is 1. The summed E-state index contributed by atoms with van der Waals surface area (Å²) in [5, 5.41) is 12.2. The van der Waals surface area contributed by atoms with Gasteiger partial charge in [0, 0.05) is 32.6 Å². The Morgan fingerprint density at radius 2 is 1.75 bits per heavy atom. The van der Waals surface area contributed by atoms with E-state index in [1.165, 1.54) is 24.3 Å². The van der Waals surface area contributed by atoms with Crippen molar-refractivity contribution in [3.8, 4) is 23.0 Å². The van der Waals surface area contributed by atoms with Gasteiger partial charge in [0.25, 0.3) is 5.69 Å². The molecule has 4 rings (SSSR count). The molecule has 0 aliphatic rings. The Hall–Kier alpha value is -3.03. The first-order valence-electron chi connectivity index (χ1n) is 8.16. The fourth-order valence-electron chi connectivity index (χ4n) is 2.72. The number of non-ortho nitro benzene ring substituents is 1. The summed E-state index contributed by atoms with van der Waals surface area (Å²) < 4.78 is 6.64. The van der Waals surface area contributed by atoms with Crippen LogP contribution in [-0.4, -0.2) is 14.9 Å². The Morgan fingerprint density at radius 3 is 2.46 bits per heavy atom. The molecule has 0 amide bonds. The molecular formula is C20H11BrClN3O3. The van der Waals surface area contributed by atoms with E-state index in [-0.39, 0.29) is 11.7 Å². The Kier molecular flexibility index (Phi) is 4.93. The Labute approximate surface area is 173 Å². The van der Waals surface area contributed by atoms with Crippen molar-refractivity contribution in [3.63, 3.8) is 0 Å². The van der Waals surface area contributed by atoms with E-state index >= 15 is 0 Å². The van der Waals surface area contributed by atoms with Crippen molar-refractivity contribution in [2.45, 2.75) is 0 Å². The number of fused-ring (bicyclic) bond motifs is 1. The van der Waals surface area contributed by atoms with Crippen molar-refractivity contribution in [2.24, 2.45) is 0 Å². The average molecular weight is 457 g/mol. The van der Waals surface area contributed by atoms with Crippen LogP contribution in [0.15, 0.2) is 71.2 Å². The number of benzene rings is 3. The van der Waals surface area contributed by atoms with Gasteiger partial charge in [-0.05, 0) is 36.4 Å². The zero-order valence-electron chi connectivity index (χ0n) is 14.2. The molecular weight excluding hydrogens is 446 g/mol. The lowest BCUT2D eigenvalue weighted by atomic mass is 10.1. The molecule has 138 valence electrons. The molecule has 0 aliphatic heterocycles. The van der Waals surface area contributed by atoms with E-state index in [0.29, 0.717) is 22.0 Å². The van der Waals surface area contributed by atoms with E-state index in [0.717, 1.165) is 15.4 Å². The number of hydrogen-bond acceptors (Lipinski definition) is 5. The van der Waals surface area contributed by atoms with Gasteiger partial charge in [-0.2, -0.15) is 9.97 Å². The summed E-state index contributed by atoms with van der Waals surface area (Å²) in [4.78, 5) is 19.3. The quantitative estimate of drug-likeness (QED) is 0.262. The van der Waals surface area contributed by atoms with Gasteiger partial charge in [-0.25, -0.2) is 0 Å². The second-order valence-corrected chi connectivity index (χ2v) is 7.17. The van der Waals surface area contributed by atoms with E-state index < -0.39 is 4.92 Å². The number of rotatable bonds is 4. The summed E-state index contributed by atoms with van der Waals surface area (Å²) in [6.45, 7) is 0. The molecule has 0 radical (unpaired) electrons. The molecule has 4 aromatic rings. The minimum atomic E-state index is -0.469. The number of nitro groups is 1. The number of hydrogen-bond donors (Lipinski definition) is 0. The lowest BCUT2D eigenvalue weighted by Crippen LogP contribution is -1.97. The maximum absolute atomic E-state index is 10.8. The van der Waals surface area contributed by atoms with Crippen LogP contribution in [0, 0.1) is 10.1 Å². The van der Waals surface area contributed by atoms with Gasteiger partial charge in [-0.1, -0.05) is 45.7 Å². The van der Waals surface area contributed by atoms with Crippen LogP contribution in [0.1, 0.15) is 0 Å². The zero-order valence-corrected chi connectivity index (χ0v) is 16.5. The van der Waals surface area contributed by atoms with Crippen molar-refractivity contribution in [3.05, 3.63) is 86.3 Å². The van der Waals surface area contributed by atoms with Gasteiger partial charge in [0.15, 0.2) is 0 Å². The van der Waals surface area contributed by atoms with Gasteiger partial charge < -0.3 is 4.74 Å². The number of halogens is 2. The molecule has 3 aromatic carbocycles. The predicted molar refractivity (Wildman–Crippen MR) is 111 cm³/mol. The number of nitrogens with zero attached hydrogens (tertiary/aromatic N) is 3. The summed E-state index contributed by atoms with van der Waals surface area (Å²) >= 11 is 9.86. The van der Waals surface area contributed by atoms with Crippen LogP contribution >= 0.6 is 27.5 Å². The third kappa shape index (κ3) is 3.67. The van der Waals surface area contributed by atoms with Crippen molar-refractivity contribution >= 4 is 44.1 Å². The van der Waals surface area contributed by atoms with Gasteiger partial charge >= 0.3 is 6.01 Å². The molecule has 6 nitrogen and oxygen atoms in total.